The fourth-order valence-corrected chi connectivity index (χ4v) is 18.6. The minimum Gasteiger partial charge on any atom is -0.173 e. The first-order chi connectivity index (χ1) is 20.9. The molecule has 5 rings (SSSR count). The normalized spacial score (nSPS) is 18.1. The molecule has 0 saturated heterocycles. The molecule has 6 heteroatoms. The van der Waals surface area contributed by atoms with Gasteiger partial charge in [-0.1, -0.05) is 133 Å². The van der Waals surface area contributed by atoms with Crippen LogP contribution in [0.4, 0.5) is 0 Å². The Hall–Kier alpha value is -1.34. The van der Waals surface area contributed by atoms with Crippen molar-refractivity contribution in [3.8, 4) is 20.2 Å². The smallest absolute Gasteiger partial charge is 0.122 e. The van der Waals surface area contributed by atoms with Crippen LogP contribution in [0.2, 0.25) is 12.1 Å². The van der Waals surface area contributed by atoms with Crippen molar-refractivity contribution in [3.63, 3.8) is 0 Å². The monoisotopic (exact) mass is 664 g/mol. The highest BCUT2D eigenvalue weighted by atomic mass is 32.1. The van der Waals surface area contributed by atoms with Crippen LogP contribution in [0, 0.1) is 11.8 Å². The summed E-state index contributed by atoms with van der Waals surface area (Å²) in [4.78, 5) is 6.21. The van der Waals surface area contributed by atoms with E-state index in [1.807, 2.05) is 0 Å². The van der Waals surface area contributed by atoms with Crippen molar-refractivity contribution in [1.82, 2.24) is 8.75 Å². The first-order valence-electron chi connectivity index (χ1n) is 17.4. The van der Waals surface area contributed by atoms with Gasteiger partial charge in [-0.15, -0.1) is 22.7 Å². The fraction of sp³-hybridized carbons (Fsp3) is 0.632. The first-order valence-corrected chi connectivity index (χ1v) is 22.2. The SMILES string of the molecule is CCCCC(CC)C[Si]1(CC(CC)CCCC)c2cc(-c3ccc(C(C)(C)C)c4nsnc34)sc2-c2sc(C(C)(C)C)cc21. The molecule has 2 unspecified atom stereocenters. The summed E-state index contributed by atoms with van der Waals surface area (Å²) >= 11 is 5.55. The summed E-state index contributed by atoms with van der Waals surface area (Å²) in [6.07, 6.45) is 10.7. The van der Waals surface area contributed by atoms with E-state index < -0.39 is 8.07 Å². The van der Waals surface area contributed by atoms with E-state index in [4.69, 9.17) is 8.75 Å². The minimum absolute atomic E-state index is 0.0440. The fourth-order valence-electron chi connectivity index (χ4n) is 7.54. The molecule has 1 aliphatic rings. The molecule has 1 aliphatic heterocycles. The van der Waals surface area contributed by atoms with E-state index in [1.165, 1.54) is 91.2 Å². The van der Waals surface area contributed by atoms with Crippen LogP contribution >= 0.6 is 34.4 Å². The summed E-state index contributed by atoms with van der Waals surface area (Å²) in [6, 6.07) is 12.9. The average molecular weight is 665 g/mol. The van der Waals surface area contributed by atoms with Crippen molar-refractivity contribution in [2.45, 2.75) is 144 Å². The zero-order chi connectivity index (χ0) is 31.9. The highest BCUT2D eigenvalue weighted by Gasteiger charge is 2.50. The molecule has 0 aliphatic carbocycles. The number of unbranched alkanes of at least 4 members (excludes halogenated alkanes) is 2. The number of hydrogen-bond acceptors (Lipinski definition) is 5. The second-order valence-electron chi connectivity index (χ2n) is 15.7. The molecule has 0 fully saturated rings. The van der Waals surface area contributed by atoms with Crippen molar-refractivity contribution in [2.75, 3.05) is 0 Å². The molecule has 3 aromatic heterocycles. The molecule has 1 aromatic carbocycles. The summed E-state index contributed by atoms with van der Waals surface area (Å²) < 4.78 is 9.74. The topological polar surface area (TPSA) is 25.8 Å². The maximum atomic E-state index is 4.91. The summed E-state index contributed by atoms with van der Waals surface area (Å²) in [5, 5.41) is 3.56. The number of aromatic nitrogens is 2. The number of hydrogen-bond donors (Lipinski definition) is 0. The highest BCUT2D eigenvalue weighted by molar-refractivity contribution is 7.30. The number of thiophene rings is 2. The summed E-state index contributed by atoms with van der Waals surface area (Å²) in [5.74, 6) is 1.62. The molecular weight excluding hydrogens is 609 g/mol. The van der Waals surface area contributed by atoms with E-state index in [0.717, 1.165) is 22.9 Å². The lowest BCUT2D eigenvalue weighted by molar-refractivity contribution is 0.469. The second kappa shape index (κ2) is 13.4. The van der Waals surface area contributed by atoms with Crippen LogP contribution in [0.1, 0.15) is 131 Å². The van der Waals surface area contributed by atoms with Gasteiger partial charge in [0, 0.05) is 25.1 Å². The van der Waals surface area contributed by atoms with E-state index in [2.05, 4.69) is 116 Å². The van der Waals surface area contributed by atoms with Crippen molar-refractivity contribution < 1.29 is 0 Å². The molecule has 0 saturated carbocycles. The number of fused-ring (bicyclic) bond motifs is 4. The molecule has 44 heavy (non-hydrogen) atoms. The van der Waals surface area contributed by atoms with Gasteiger partial charge in [-0.25, -0.2) is 0 Å². The number of rotatable bonds is 13. The predicted octanol–water partition coefficient (Wildman–Crippen LogP) is 12.1. The molecule has 0 amide bonds. The Labute approximate surface area is 281 Å². The molecule has 2 nitrogen and oxygen atoms in total. The first kappa shape index (κ1) is 34.0. The van der Waals surface area contributed by atoms with E-state index in [0.29, 0.717) is 0 Å². The van der Waals surface area contributed by atoms with Gasteiger partial charge < -0.3 is 0 Å². The van der Waals surface area contributed by atoms with Crippen LogP contribution in [-0.4, -0.2) is 16.8 Å². The largest absolute Gasteiger partial charge is 0.173 e. The Kier molecular flexibility index (Phi) is 10.4. The lowest BCUT2D eigenvalue weighted by Crippen LogP contribution is -2.56. The van der Waals surface area contributed by atoms with Gasteiger partial charge in [0.25, 0.3) is 0 Å². The van der Waals surface area contributed by atoms with Gasteiger partial charge in [0.15, 0.2) is 0 Å². The lowest BCUT2D eigenvalue weighted by atomic mass is 9.85. The number of nitrogens with zero attached hydrogens (tertiary/aromatic N) is 2. The Morgan fingerprint density at radius 1 is 0.705 bits per heavy atom. The quantitative estimate of drug-likeness (QED) is 0.133. The van der Waals surface area contributed by atoms with Crippen LogP contribution in [0.25, 0.3) is 31.2 Å². The molecule has 4 aromatic rings. The van der Waals surface area contributed by atoms with E-state index >= 15 is 0 Å². The van der Waals surface area contributed by atoms with Crippen LogP contribution in [0.5, 0.6) is 0 Å². The van der Waals surface area contributed by atoms with Gasteiger partial charge in [0.2, 0.25) is 0 Å². The summed E-state index contributed by atoms with van der Waals surface area (Å²) in [7, 11) is -2.02. The third kappa shape index (κ3) is 6.44. The van der Waals surface area contributed by atoms with Gasteiger partial charge in [-0.2, -0.15) is 8.75 Å². The zero-order valence-corrected chi connectivity index (χ0v) is 32.6. The summed E-state index contributed by atoms with van der Waals surface area (Å²) in [6.45, 7) is 23.7. The van der Waals surface area contributed by atoms with Gasteiger partial charge in [-0.05, 0) is 62.8 Å². The van der Waals surface area contributed by atoms with E-state index in [-0.39, 0.29) is 10.8 Å². The van der Waals surface area contributed by atoms with Gasteiger partial charge in [0.1, 0.15) is 19.1 Å². The summed E-state index contributed by atoms with van der Waals surface area (Å²) in [5.41, 5.74) is 5.00. The predicted molar refractivity (Wildman–Crippen MR) is 203 cm³/mol. The van der Waals surface area contributed by atoms with Crippen molar-refractivity contribution in [3.05, 3.63) is 34.7 Å². The molecule has 2 atom stereocenters. The van der Waals surface area contributed by atoms with Crippen LogP contribution in [0.3, 0.4) is 0 Å². The molecule has 0 bridgehead atoms. The molecule has 240 valence electrons. The minimum atomic E-state index is -2.02. The van der Waals surface area contributed by atoms with Gasteiger partial charge in [0.05, 0.1) is 11.7 Å². The molecular formula is C38H56N2S3Si. The molecule has 0 spiro atoms. The Morgan fingerprint density at radius 3 is 1.82 bits per heavy atom. The van der Waals surface area contributed by atoms with E-state index in [9.17, 15) is 0 Å². The highest BCUT2D eigenvalue weighted by Crippen LogP contribution is 2.49. The van der Waals surface area contributed by atoms with Gasteiger partial charge in [-0.3, -0.25) is 0 Å². The Bertz CT molecular complexity index is 1540. The Balaban J connectivity index is 1.73. The van der Waals surface area contributed by atoms with Crippen LogP contribution in [-0.2, 0) is 10.8 Å². The van der Waals surface area contributed by atoms with Crippen molar-refractivity contribution in [1.29, 1.82) is 0 Å². The van der Waals surface area contributed by atoms with E-state index in [1.54, 1.807) is 25.0 Å². The maximum Gasteiger partial charge on any atom is 0.122 e. The average Bonchev–Trinajstić information content (AvgIpc) is 3.75. The molecule has 4 heterocycles. The third-order valence-corrected chi connectivity index (χ3v) is 19.5. The number of benzene rings is 1. The van der Waals surface area contributed by atoms with Crippen molar-refractivity contribution in [2.24, 2.45) is 11.8 Å². The van der Waals surface area contributed by atoms with Gasteiger partial charge >= 0.3 is 0 Å². The molecule has 0 radical (unpaired) electrons. The Morgan fingerprint density at radius 2 is 1.27 bits per heavy atom. The third-order valence-electron chi connectivity index (χ3n) is 10.3. The maximum absolute atomic E-state index is 4.91. The van der Waals surface area contributed by atoms with Crippen LogP contribution < -0.4 is 10.4 Å². The second-order valence-corrected chi connectivity index (χ2v) is 22.3. The van der Waals surface area contributed by atoms with Crippen molar-refractivity contribution >= 4 is 63.9 Å². The van der Waals surface area contributed by atoms with Crippen LogP contribution in [0.15, 0.2) is 24.3 Å². The standard InChI is InChI=1S/C38H56N2S3Si/c1-11-15-17-25(13-3)23-44(24-26(14-4)18-16-12-2)30-21-29(41-35(30)36-31(44)22-32(42-36)38(8,9)10)27-19-20-28(37(5,6)7)34-33(27)39-43-40-34/h19-22,25-26H,11-18,23-24H2,1-10H3. The zero-order valence-electron chi connectivity index (χ0n) is 29.2. The lowest BCUT2D eigenvalue weighted by Gasteiger charge is -2.36. The molecule has 0 N–H and O–H groups in total.